The predicted octanol–water partition coefficient (Wildman–Crippen LogP) is 2.35. The van der Waals surface area contributed by atoms with E-state index in [0.29, 0.717) is 30.2 Å². The molecule has 0 unspecified atom stereocenters. The third-order valence-corrected chi connectivity index (χ3v) is 4.40. The Kier molecular flexibility index (Phi) is 3.28. The summed E-state index contributed by atoms with van der Waals surface area (Å²) in [4.78, 5) is 14.2. The van der Waals surface area contributed by atoms with E-state index in [0.717, 1.165) is 10.3 Å². The van der Waals surface area contributed by atoms with Gasteiger partial charge in [0, 0.05) is 17.6 Å². The van der Waals surface area contributed by atoms with E-state index in [2.05, 4.69) is 26.1 Å². The first-order valence-electron chi connectivity index (χ1n) is 5.77. The zero-order valence-electron chi connectivity index (χ0n) is 9.88. The van der Waals surface area contributed by atoms with Crippen molar-refractivity contribution < 1.29 is 4.79 Å². The first-order chi connectivity index (χ1) is 9.16. The summed E-state index contributed by atoms with van der Waals surface area (Å²) in [6, 6.07) is 5.34. The van der Waals surface area contributed by atoms with Crippen LogP contribution < -0.4 is 0 Å². The van der Waals surface area contributed by atoms with E-state index < -0.39 is 0 Å². The summed E-state index contributed by atoms with van der Waals surface area (Å²) in [5.41, 5.74) is 0.504. The van der Waals surface area contributed by atoms with Crippen molar-refractivity contribution in [2.75, 3.05) is 6.54 Å². The average Bonchev–Trinajstić information content (AvgIpc) is 2.88. The summed E-state index contributed by atoms with van der Waals surface area (Å²) in [7, 11) is 0. The summed E-state index contributed by atoms with van der Waals surface area (Å²) >= 11 is 9.49. The monoisotopic (exact) mass is 340 g/mol. The highest BCUT2D eigenvalue weighted by atomic mass is 79.9. The molecule has 0 saturated carbocycles. The van der Waals surface area contributed by atoms with Crippen LogP contribution in [-0.4, -0.2) is 32.1 Å². The Morgan fingerprint density at radius 1 is 1.37 bits per heavy atom. The molecule has 0 aliphatic carbocycles. The number of benzene rings is 1. The van der Waals surface area contributed by atoms with Gasteiger partial charge in [0.15, 0.2) is 5.82 Å². The van der Waals surface area contributed by atoms with Crippen LogP contribution in [0, 0.1) is 0 Å². The molecular formula is C12H10BrClN4O. The van der Waals surface area contributed by atoms with Crippen LogP contribution in [0.25, 0.3) is 0 Å². The number of rotatable bonds is 1. The van der Waals surface area contributed by atoms with E-state index in [1.54, 1.807) is 23.4 Å². The molecule has 0 fully saturated rings. The fourth-order valence-corrected chi connectivity index (χ4v) is 2.65. The van der Waals surface area contributed by atoms with Crippen molar-refractivity contribution >= 4 is 33.4 Å². The molecule has 0 N–H and O–H groups in total. The minimum atomic E-state index is -0.0828. The van der Waals surface area contributed by atoms with Crippen molar-refractivity contribution in [2.24, 2.45) is 0 Å². The normalized spacial score (nSPS) is 14.3. The molecule has 3 rings (SSSR count). The molecule has 1 aromatic carbocycles. The molecule has 1 amide bonds. The van der Waals surface area contributed by atoms with Crippen LogP contribution in [-0.2, 0) is 13.1 Å². The van der Waals surface area contributed by atoms with Crippen LogP contribution in [0.2, 0.25) is 5.02 Å². The second-order valence-corrected chi connectivity index (χ2v) is 5.50. The summed E-state index contributed by atoms with van der Waals surface area (Å²) in [6.45, 7) is 1.80. The minimum Gasteiger partial charge on any atom is -0.329 e. The number of nitrogens with zero attached hydrogens (tertiary/aromatic N) is 4. The Morgan fingerprint density at radius 2 is 2.21 bits per heavy atom. The summed E-state index contributed by atoms with van der Waals surface area (Å²) < 4.78 is 2.67. The highest BCUT2D eigenvalue weighted by molar-refractivity contribution is 9.10. The van der Waals surface area contributed by atoms with Gasteiger partial charge in [0.2, 0.25) is 0 Å². The molecular weight excluding hydrogens is 332 g/mol. The van der Waals surface area contributed by atoms with Crippen molar-refractivity contribution in [3.63, 3.8) is 0 Å². The topological polar surface area (TPSA) is 51.0 Å². The van der Waals surface area contributed by atoms with Crippen molar-refractivity contribution in [3.8, 4) is 0 Å². The summed E-state index contributed by atoms with van der Waals surface area (Å²) in [5, 5.41) is 8.29. The van der Waals surface area contributed by atoms with E-state index in [1.165, 1.54) is 0 Å². The van der Waals surface area contributed by atoms with Gasteiger partial charge in [-0.25, -0.2) is 0 Å². The Balaban J connectivity index is 1.88. The first-order valence-corrected chi connectivity index (χ1v) is 6.94. The van der Waals surface area contributed by atoms with Crippen LogP contribution in [0.5, 0.6) is 0 Å². The van der Waals surface area contributed by atoms with Crippen molar-refractivity contribution in [1.82, 2.24) is 19.7 Å². The second kappa shape index (κ2) is 4.94. The maximum Gasteiger partial charge on any atom is 0.255 e. The smallest absolute Gasteiger partial charge is 0.255 e. The van der Waals surface area contributed by atoms with Crippen LogP contribution in [0.15, 0.2) is 29.0 Å². The molecule has 1 aliphatic rings. The van der Waals surface area contributed by atoms with E-state index in [4.69, 9.17) is 11.6 Å². The second-order valence-electron chi connectivity index (χ2n) is 4.27. The fraction of sp³-hybridized carbons (Fsp3) is 0.250. The molecule has 1 aliphatic heterocycles. The van der Waals surface area contributed by atoms with E-state index in [-0.39, 0.29) is 5.91 Å². The minimum absolute atomic E-state index is 0.0828. The molecule has 7 heteroatoms. The lowest BCUT2D eigenvalue weighted by Gasteiger charge is -2.27. The van der Waals surface area contributed by atoms with Gasteiger partial charge in [-0.15, -0.1) is 10.2 Å². The Bertz CT molecular complexity index is 642. The van der Waals surface area contributed by atoms with Gasteiger partial charge in [-0.05, 0) is 28.1 Å². The number of halogens is 2. The third-order valence-electron chi connectivity index (χ3n) is 3.11. The molecule has 2 aromatic rings. The first kappa shape index (κ1) is 12.6. The molecule has 19 heavy (non-hydrogen) atoms. The molecule has 0 radical (unpaired) electrons. The Morgan fingerprint density at radius 3 is 3.05 bits per heavy atom. The van der Waals surface area contributed by atoms with Gasteiger partial charge >= 0.3 is 0 Å². The third kappa shape index (κ3) is 2.26. The molecule has 0 bridgehead atoms. The van der Waals surface area contributed by atoms with Crippen molar-refractivity contribution in [3.05, 3.63) is 45.4 Å². The van der Waals surface area contributed by atoms with Gasteiger partial charge in [-0.1, -0.05) is 17.7 Å². The number of fused-ring (bicyclic) bond motifs is 1. The molecule has 5 nitrogen and oxygen atoms in total. The largest absolute Gasteiger partial charge is 0.329 e. The van der Waals surface area contributed by atoms with Crippen molar-refractivity contribution in [2.45, 2.75) is 13.1 Å². The lowest BCUT2D eigenvalue weighted by Crippen LogP contribution is -2.38. The molecule has 0 saturated heterocycles. The van der Waals surface area contributed by atoms with Crippen LogP contribution in [0.3, 0.4) is 0 Å². The average molecular weight is 342 g/mol. The van der Waals surface area contributed by atoms with Gasteiger partial charge in [0.05, 0.1) is 17.1 Å². The quantitative estimate of drug-likeness (QED) is 0.800. The zero-order chi connectivity index (χ0) is 13.4. The molecule has 98 valence electrons. The SMILES string of the molecule is O=C(c1cccc(Br)c1Cl)N1CCn2cnnc2C1. The van der Waals surface area contributed by atoms with Gasteiger partial charge < -0.3 is 9.47 Å². The molecule has 1 aromatic heterocycles. The van der Waals surface area contributed by atoms with Gasteiger partial charge in [0.1, 0.15) is 6.33 Å². The predicted molar refractivity (Wildman–Crippen MR) is 73.9 cm³/mol. The maximum absolute atomic E-state index is 12.5. The van der Waals surface area contributed by atoms with Gasteiger partial charge in [0.25, 0.3) is 5.91 Å². The number of carbonyl (C=O) groups is 1. The number of amides is 1. The van der Waals surface area contributed by atoms with Gasteiger partial charge in [-0.2, -0.15) is 0 Å². The lowest BCUT2D eigenvalue weighted by molar-refractivity contribution is 0.0707. The zero-order valence-corrected chi connectivity index (χ0v) is 12.2. The Labute approximate surface area is 123 Å². The van der Waals surface area contributed by atoms with Crippen LogP contribution in [0.4, 0.5) is 0 Å². The molecule has 0 atom stereocenters. The number of aromatic nitrogens is 3. The van der Waals surface area contributed by atoms with E-state index in [1.807, 2.05) is 10.6 Å². The Hall–Kier alpha value is -1.40. The summed E-state index contributed by atoms with van der Waals surface area (Å²) in [5.74, 6) is 0.714. The highest BCUT2D eigenvalue weighted by Crippen LogP contribution is 2.27. The van der Waals surface area contributed by atoms with Crippen LogP contribution >= 0.6 is 27.5 Å². The van der Waals surface area contributed by atoms with Crippen molar-refractivity contribution in [1.29, 1.82) is 0 Å². The number of hydrogen-bond donors (Lipinski definition) is 0. The van der Waals surface area contributed by atoms with Gasteiger partial charge in [-0.3, -0.25) is 4.79 Å². The standard InChI is InChI=1S/C12H10BrClN4O/c13-9-3-1-2-8(11(9)14)12(19)17-4-5-18-7-15-16-10(18)6-17/h1-3,7H,4-6H2. The highest BCUT2D eigenvalue weighted by Gasteiger charge is 2.24. The van der Waals surface area contributed by atoms with E-state index >= 15 is 0 Å². The van der Waals surface area contributed by atoms with E-state index in [9.17, 15) is 4.79 Å². The summed E-state index contributed by atoms with van der Waals surface area (Å²) in [6.07, 6.45) is 1.68. The maximum atomic E-state index is 12.5. The number of carbonyl (C=O) groups excluding carboxylic acids is 1. The fourth-order valence-electron chi connectivity index (χ4n) is 2.08. The number of hydrogen-bond acceptors (Lipinski definition) is 3. The molecule has 2 heterocycles. The van der Waals surface area contributed by atoms with Crippen LogP contribution in [0.1, 0.15) is 16.2 Å². The molecule has 0 spiro atoms. The lowest BCUT2D eigenvalue weighted by atomic mass is 10.2.